The molecule has 0 amide bonds. The van der Waals surface area contributed by atoms with E-state index in [1.807, 2.05) is 38.2 Å². The smallest absolute Gasteiger partial charge is 0.0747 e. The lowest BCUT2D eigenvalue weighted by atomic mass is 10.0. The van der Waals surface area contributed by atoms with Crippen molar-refractivity contribution in [2.45, 2.75) is 19.0 Å². The van der Waals surface area contributed by atoms with Crippen LogP contribution in [0.4, 0.5) is 0 Å². The van der Waals surface area contributed by atoms with Gasteiger partial charge < -0.3 is 10.6 Å². The highest BCUT2D eigenvalue weighted by molar-refractivity contribution is 9.10. The molecule has 0 saturated carbocycles. The van der Waals surface area contributed by atoms with Gasteiger partial charge in [0.2, 0.25) is 0 Å². The zero-order chi connectivity index (χ0) is 11.4. The lowest BCUT2D eigenvalue weighted by Gasteiger charge is -2.29. The summed E-state index contributed by atoms with van der Waals surface area (Å²) in [4.78, 5) is 5.20. The van der Waals surface area contributed by atoms with E-state index in [-0.39, 0.29) is 12.1 Å². The summed E-state index contributed by atoms with van der Waals surface area (Å²) in [6.07, 6.45) is 0. The Hall–Kier alpha value is -0.420. The molecule has 15 heavy (non-hydrogen) atoms. The van der Waals surface area contributed by atoms with Crippen LogP contribution in [0, 0.1) is 0 Å². The fraction of sp³-hybridized carbons (Fsp3) is 0.455. The number of hydrogen-bond acceptors (Lipinski definition) is 3. The molecule has 0 bridgehead atoms. The van der Waals surface area contributed by atoms with Crippen LogP contribution in [0.5, 0.6) is 0 Å². The Balaban J connectivity index is 2.94. The second-order valence-corrected chi connectivity index (χ2v) is 4.50. The minimum absolute atomic E-state index is 0.0103. The molecule has 84 valence electrons. The van der Waals surface area contributed by atoms with Crippen LogP contribution < -0.4 is 5.73 Å². The third-order valence-electron chi connectivity index (χ3n) is 2.39. The fourth-order valence-corrected chi connectivity index (χ4v) is 1.88. The molecule has 0 spiro atoms. The van der Waals surface area contributed by atoms with Crippen LogP contribution in [0.25, 0.3) is 0 Å². The maximum absolute atomic E-state index is 5.95. The molecular formula is C11H17BrN2O. The number of likely N-dealkylation sites (N-methyl/N-ethyl adjacent to an activating group) is 1. The van der Waals surface area contributed by atoms with Crippen LogP contribution in [0.1, 0.15) is 18.5 Å². The zero-order valence-corrected chi connectivity index (χ0v) is 10.9. The van der Waals surface area contributed by atoms with E-state index in [9.17, 15) is 0 Å². The second-order valence-electron chi connectivity index (χ2n) is 3.58. The Morgan fingerprint density at radius 1 is 1.33 bits per heavy atom. The molecule has 2 N–H and O–H groups in total. The molecule has 1 aromatic rings. The SMILES string of the molecule is CON(C)C(c1ccc(Br)cc1)C(C)N. The molecule has 2 atom stereocenters. The first-order valence-electron chi connectivity index (χ1n) is 4.84. The minimum atomic E-state index is 0.0103. The highest BCUT2D eigenvalue weighted by atomic mass is 79.9. The summed E-state index contributed by atoms with van der Waals surface area (Å²) in [5.41, 5.74) is 7.10. The van der Waals surface area contributed by atoms with Crippen molar-refractivity contribution in [1.29, 1.82) is 0 Å². The third-order valence-corrected chi connectivity index (χ3v) is 2.92. The number of rotatable bonds is 4. The topological polar surface area (TPSA) is 38.5 Å². The van der Waals surface area contributed by atoms with Gasteiger partial charge in [0.1, 0.15) is 0 Å². The number of nitrogens with two attached hydrogens (primary N) is 1. The summed E-state index contributed by atoms with van der Waals surface area (Å²) < 4.78 is 1.06. The maximum atomic E-state index is 5.95. The van der Waals surface area contributed by atoms with Crippen LogP contribution in [0.3, 0.4) is 0 Å². The summed E-state index contributed by atoms with van der Waals surface area (Å²) in [6.45, 7) is 1.97. The van der Waals surface area contributed by atoms with Gasteiger partial charge in [0.15, 0.2) is 0 Å². The van der Waals surface area contributed by atoms with Crippen molar-refractivity contribution < 1.29 is 4.84 Å². The van der Waals surface area contributed by atoms with Crippen molar-refractivity contribution in [3.05, 3.63) is 34.3 Å². The largest absolute Gasteiger partial charge is 0.326 e. The Morgan fingerprint density at radius 3 is 2.27 bits per heavy atom. The Labute approximate surface area is 99.3 Å². The van der Waals surface area contributed by atoms with E-state index < -0.39 is 0 Å². The van der Waals surface area contributed by atoms with Crippen LogP contribution in [-0.2, 0) is 4.84 Å². The Bertz CT molecular complexity index is 300. The second kappa shape index (κ2) is 5.61. The quantitative estimate of drug-likeness (QED) is 0.856. The standard InChI is InChI=1S/C11H17BrN2O/c1-8(13)11(14(2)15-3)9-4-6-10(12)7-5-9/h4-8,11H,13H2,1-3H3. The van der Waals surface area contributed by atoms with E-state index in [4.69, 9.17) is 10.6 Å². The number of hydrogen-bond donors (Lipinski definition) is 1. The van der Waals surface area contributed by atoms with Crippen LogP contribution in [0.2, 0.25) is 0 Å². The van der Waals surface area contributed by atoms with Crippen molar-refractivity contribution in [1.82, 2.24) is 5.06 Å². The molecule has 0 aliphatic carbocycles. The molecule has 0 fully saturated rings. The van der Waals surface area contributed by atoms with Crippen molar-refractivity contribution in [3.63, 3.8) is 0 Å². The third kappa shape index (κ3) is 3.28. The lowest BCUT2D eigenvalue weighted by Crippen LogP contribution is -2.36. The van der Waals surface area contributed by atoms with Gasteiger partial charge in [-0.1, -0.05) is 28.1 Å². The average Bonchev–Trinajstić information content (AvgIpc) is 2.20. The molecular weight excluding hydrogens is 256 g/mol. The maximum Gasteiger partial charge on any atom is 0.0747 e. The van der Waals surface area contributed by atoms with Crippen molar-refractivity contribution in [3.8, 4) is 0 Å². The van der Waals surface area contributed by atoms with E-state index in [1.165, 1.54) is 0 Å². The Kier molecular flexibility index (Phi) is 4.73. The summed E-state index contributed by atoms with van der Waals surface area (Å²) in [5, 5.41) is 1.77. The molecule has 0 aliphatic heterocycles. The highest BCUT2D eigenvalue weighted by Crippen LogP contribution is 2.23. The average molecular weight is 273 g/mol. The first-order chi connectivity index (χ1) is 7.06. The summed E-state index contributed by atoms with van der Waals surface area (Å²) in [6, 6.07) is 8.20. The number of hydroxylamine groups is 2. The normalized spacial score (nSPS) is 15.3. The van der Waals surface area contributed by atoms with Gasteiger partial charge in [0.25, 0.3) is 0 Å². The molecule has 0 aromatic heterocycles. The first kappa shape index (κ1) is 12.6. The molecule has 4 heteroatoms. The lowest BCUT2D eigenvalue weighted by molar-refractivity contribution is -0.146. The van der Waals surface area contributed by atoms with Crippen molar-refractivity contribution >= 4 is 15.9 Å². The summed E-state index contributed by atoms with van der Waals surface area (Å²) >= 11 is 3.41. The molecule has 1 rings (SSSR count). The number of benzene rings is 1. The van der Waals surface area contributed by atoms with E-state index >= 15 is 0 Å². The monoisotopic (exact) mass is 272 g/mol. The minimum Gasteiger partial charge on any atom is -0.326 e. The van der Waals surface area contributed by atoms with Gasteiger partial charge in [-0.2, -0.15) is 5.06 Å². The Morgan fingerprint density at radius 2 is 1.87 bits per heavy atom. The van der Waals surface area contributed by atoms with Gasteiger partial charge in [-0.05, 0) is 24.6 Å². The van der Waals surface area contributed by atoms with E-state index in [2.05, 4.69) is 15.9 Å². The molecule has 0 aliphatic rings. The van der Waals surface area contributed by atoms with Crippen LogP contribution in [0.15, 0.2) is 28.7 Å². The summed E-state index contributed by atoms with van der Waals surface area (Å²) in [7, 11) is 3.53. The fourth-order valence-electron chi connectivity index (χ4n) is 1.62. The molecule has 0 heterocycles. The molecule has 0 radical (unpaired) electrons. The molecule has 1 aromatic carbocycles. The van der Waals surface area contributed by atoms with Gasteiger partial charge in [-0.3, -0.25) is 0 Å². The van der Waals surface area contributed by atoms with Gasteiger partial charge >= 0.3 is 0 Å². The predicted molar refractivity (Wildman–Crippen MR) is 65.3 cm³/mol. The molecule has 3 nitrogen and oxygen atoms in total. The van der Waals surface area contributed by atoms with E-state index in [0.29, 0.717) is 0 Å². The van der Waals surface area contributed by atoms with Gasteiger partial charge in [0, 0.05) is 17.6 Å². The zero-order valence-electron chi connectivity index (χ0n) is 9.27. The van der Waals surface area contributed by atoms with Crippen molar-refractivity contribution in [2.75, 3.05) is 14.2 Å². The molecule has 2 unspecified atom stereocenters. The van der Waals surface area contributed by atoms with Gasteiger partial charge in [0.05, 0.1) is 13.2 Å². The van der Waals surface area contributed by atoms with Gasteiger partial charge in [-0.25, -0.2) is 0 Å². The molecule has 0 saturated heterocycles. The predicted octanol–water partition coefficient (Wildman–Crippen LogP) is 2.33. The summed E-state index contributed by atoms with van der Waals surface area (Å²) in [5.74, 6) is 0. The first-order valence-corrected chi connectivity index (χ1v) is 5.63. The van der Waals surface area contributed by atoms with Gasteiger partial charge in [-0.15, -0.1) is 0 Å². The van der Waals surface area contributed by atoms with Crippen molar-refractivity contribution in [2.24, 2.45) is 5.73 Å². The number of halogens is 1. The number of nitrogens with zero attached hydrogens (tertiary/aromatic N) is 1. The highest BCUT2D eigenvalue weighted by Gasteiger charge is 2.20. The van der Waals surface area contributed by atoms with Crippen LogP contribution >= 0.6 is 15.9 Å². The van der Waals surface area contributed by atoms with E-state index in [0.717, 1.165) is 10.0 Å². The van der Waals surface area contributed by atoms with E-state index in [1.54, 1.807) is 12.2 Å². The van der Waals surface area contributed by atoms with Crippen LogP contribution in [-0.4, -0.2) is 25.3 Å².